The summed E-state index contributed by atoms with van der Waals surface area (Å²) in [5, 5.41) is 9.98. The lowest BCUT2D eigenvalue weighted by Crippen LogP contribution is -2.14. The number of hydrogen-bond donors (Lipinski definition) is 1. The van der Waals surface area contributed by atoms with E-state index in [0.717, 1.165) is 6.26 Å². The summed E-state index contributed by atoms with van der Waals surface area (Å²) in [6.07, 6.45) is 1.11. The maximum absolute atomic E-state index is 12.9. The van der Waals surface area contributed by atoms with Crippen LogP contribution in [0.25, 0.3) is 11.5 Å². The molecule has 3 aromatic rings. The lowest BCUT2D eigenvalue weighted by atomic mass is 10.1. The number of nitrogens with zero attached hydrogens (tertiary/aromatic N) is 2. The van der Waals surface area contributed by atoms with Crippen LogP contribution in [0.3, 0.4) is 0 Å². The topological polar surface area (TPSA) is 102 Å². The Kier molecular flexibility index (Phi) is 4.81. The predicted molar refractivity (Wildman–Crippen MR) is 91.6 cm³/mol. The first kappa shape index (κ1) is 17.7. The lowest BCUT2D eigenvalue weighted by molar-refractivity contribution is -0.115. The van der Waals surface area contributed by atoms with E-state index in [4.69, 9.17) is 4.42 Å². The predicted octanol–water partition coefficient (Wildman–Crippen LogP) is 2.46. The average molecular weight is 375 g/mol. The van der Waals surface area contributed by atoms with Gasteiger partial charge in [0, 0.05) is 11.8 Å². The molecule has 1 N–H and O–H groups in total. The summed E-state index contributed by atoms with van der Waals surface area (Å²) < 4.78 is 41.5. The molecule has 7 nitrogen and oxygen atoms in total. The first-order valence-corrected chi connectivity index (χ1v) is 9.39. The summed E-state index contributed by atoms with van der Waals surface area (Å²) >= 11 is 0. The molecule has 0 aliphatic heterocycles. The van der Waals surface area contributed by atoms with Crippen LogP contribution in [-0.4, -0.2) is 30.8 Å². The van der Waals surface area contributed by atoms with Crippen LogP contribution >= 0.6 is 0 Å². The number of hydrogen-bond acceptors (Lipinski definition) is 6. The molecule has 0 saturated carbocycles. The molecule has 2 aromatic carbocycles. The molecule has 0 atom stereocenters. The summed E-state index contributed by atoms with van der Waals surface area (Å²) in [5.41, 5.74) is 1.05. The van der Waals surface area contributed by atoms with Gasteiger partial charge < -0.3 is 4.42 Å². The Hall–Kier alpha value is -3.07. The number of anilines is 1. The number of carbonyl (C=O) groups is 1. The van der Waals surface area contributed by atoms with Crippen LogP contribution in [0.1, 0.15) is 5.56 Å². The maximum atomic E-state index is 12.9. The van der Waals surface area contributed by atoms with Gasteiger partial charge in [0.15, 0.2) is 9.84 Å². The molecule has 0 aliphatic carbocycles. The van der Waals surface area contributed by atoms with Crippen molar-refractivity contribution in [3.05, 3.63) is 59.9 Å². The average Bonchev–Trinajstić information content (AvgIpc) is 3.05. The maximum Gasteiger partial charge on any atom is 0.322 e. The van der Waals surface area contributed by atoms with Gasteiger partial charge in [-0.05, 0) is 35.9 Å². The summed E-state index contributed by atoms with van der Waals surface area (Å²) in [4.78, 5) is 12.1. The van der Waals surface area contributed by atoms with E-state index < -0.39 is 15.7 Å². The highest BCUT2D eigenvalue weighted by molar-refractivity contribution is 7.90. The normalized spacial score (nSPS) is 11.3. The van der Waals surface area contributed by atoms with Gasteiger partial charge in [0.05, 0.1) is 11.3 Å². The van der Waals surface area contributed by atoms with E-state index in [1.54, 1.807) is 12.1 Å². The molecule has 1 amide bonds. The first-order valence-electron chi connectivity index (χ1n) is 7.49. The number of benzene rings is 2. The molecule has 134 valence electrons. The number of sulfone groups is 1. The van der Waals surface area contributed by atoms with Crippen LogP contribution in [0.2, 0.25) is 0 Å². The van der Waals surface area contributed by atoms with Crippen molar-refractivity contribution in [2.75, 3.05) is 11.6 Å². The minimum Gasteiger partial charge on any atom is -0.403 e. The molecule has 0 aliphatic rings. The molecule has 0 unspecified atom stereocenters. The SMILES string of the molecule is CS(=O)(=O)c1cccc(-c2nnc(NC(=O)Cc3ccc(F)cc3)o2)c1. The third kappa shape index (κ3) is 4.31. The van der Waals surface area contributed by atoms with E-state index in [9.17, 15) is 17.6 Å². The molecule has 3 rings (SSSR count). The molecule has 0 bridgehead atoms. The van der Waals surface area contributed by atoms with Crippen molar-refractivity contribution >= 4 is 21.8 Å². The molecule has 0 saturated heterocycles. The second-order valence-electron chi connectivity index (χ2n) is 5.56. The Bertz CT molecular complexity index is 1050. The van der Waals surface area contributed by atoms with E-state index >= 15 is 0 Å². The van der Waals surface area contributed by atoms with Gasteiger partial charge in [-0.1, -0.05) is 23.3 Å². The molecule has 9 heteroatoms. The van der Waals surface area contributed by atoms with Crippen molar-refractivity contribution in [1.82, 2.24) is 10.2 Å². The Morgan fingerprint density at radius 1 is 1.15 bits per heavy atom. The number of rotatable bonds is 5. The third-order valence-corrected chi connectivity index (χ3v) is 4.57. The Morgan fingerprint density at radius 3 is 2.58 bits per heavy atom. The Balaban J connectivity index is 1.72. The van der Waals surface area contributed by atoms with Crippen molar-refractivity contribution < 1.29 is 22.0 Å². The van der Waals surface area contributed by atoms with E-state index in [2.05, 4.69) is 15.5 Å². The third-order valence-electron chi connectivity index (χ3n) is 3.46. The lowest BCUT2D eigenvalue weighted by Gasteiger charge is -2.01. The molecular weight excluding hydrogens is 361 g/mol. The van der Waals surface area contributed by atoms with Crippen molar-refractivity contribution in [3.63, 3.8) is 0 Å². The summed E-state index contributed by atoms with van der Waals surface area (Å²) in [7, 11) is -3.37. The number of nitrogens with one attached hydrogen (secondary N) is 1. The summed E-state index contributed by atoms with van der Waals surface area (Å²) in [6.45, 7) is 0. The van der Waals surface area contributed by atoms with Crippen molar-refractivity contribution in [1.29, 1.82) is 0 Å². The monoisotopic (exact) mass is 375 g/mol. The molecule has 0 spiro atoms. The van der Waals surface area contributed by atoms with Crippen LogP contribution in [0.15, 0.2) is 57.8 Å². The van der Waals surface area contributed by atoms with E-state index in [-0.39, 0.29) is 29.0 Å². The van der Waals surface area contributed by atoms with Gasteiger partial charge in [-0.3, -0.25) is 10.1 Å². The fourth-order valence-electron chi connectivity index (χ4n) is 2.20. The number of halogens is 1. The van der Waals surface area contributed by atoms with E-state index in [1.807, 2.05) is 0 Å². The van der Waals surface area contributed by atoms with Crippen LogP contribution in [0.4, 0.5) is 10.4 Å². The molecule has 1 aromatic heterocycles. The van der Waals surface area contributed by atoms with Crippen LogP contribution in [0, 0.1) is 5.82 Å². The minimum atomic E-state index is -3.37. The fraction of sp³-hybridized carbons (Fsp3) is 0.118. The van der Waals surface area contributed by atoms with E-state index in [1.165, 1.54) is 36.4 Å². The Labute approximate surface area is 148 Å². The highest BCUT2D eigenvalue weighted by atomic mass is 32.2. The first-order chi connectivity index (χ1) is 12.3. The second-order valence-corrected chi connectivity index (χ2v) is 7.58. The largest absolute Gasteiger partial charge is 0.403 e. The molecule has 26 heavy (non-hydrogen) atoms. The van der Waals surface area contributed by atoms with Crippen LogP contribution in [-0.2, 0) is 21.1 Å². The quantitative estimate of drug-likeness (QED) is 0.735. The zero-order chi connectivity index (χ0) is 18.7. The van der Waals surface area contributed by atoms with Gasteiger partial charge in [-0.15, -0.1) is 5.10 Å². The van der Waals surface area contributed by atoms with Crippen molar-refractivity contribution in [2.45, 2.75) is 11.3 Å². The molecule has 0 radical (unpaired) electrons. The number of carbonyl (C=O) groups excluding carboxylic acids is 1. The highest BCUT2D eigenvalue weighted by Crippen LogP contribution is 2.22. The van der Waals surface area contributed by atoms with Gasteiger partial charge in [0.1, 0.15) is 5.82 Å². The fourth-order valence-corrected chi connectivity index (χ4v) is 2.87. The van der Waals surface area contributed by atoms with Crippen molar-refractivity contribution in [3.8, 4) is 11.5 Å². The highest BCUT2D eigenvalue weighted by Gasteiger charge is 2.14. The molecular formula is C17H14FN3O4S. The zero-order valence-corrected chi connectivity index (χ0v) is 14.5. The summed E-state index contributed by atoms with van der Waals surface area (Å²) in [5.74, 6) is -0.712. The van der Waals surface area contributed by atoms with E-state index in [0.29, 0.717) is 11.1 Å². The smallest absolute Gasteiger partial charge is 0.322 e. The number of amides is 1. The zero-order valence-electron chi connectivity index (χ0n) is 13.6. The van der Waals surface area contributed by atoms with Gasteiger partial charge in [-0.2, -0.15) is 0 Å². The van der Waals surface area contributed by atoms with Gasteiger partial charge in [0.2, 0.25) is 11.8 Å². The number of aromatic nitrogens is 2. The molecule has 0 fully saturated rings. The van der Waals surface area contributed by atoms with Gasteiger partial charge in [-0.25, -0.2) is 12.8 Å². The Morgan fingerprint density at radius 2 is 1.88 bits per heavy atom. The standard InChI is InChI=1S/C17H14FN3O4S/c1-26(23,24)14-4-2-3-12(10-14)16-20-21-17(25-16)19-15(22)9-11-5-7-13(18)8-6-11/h2-8,10H,9H2,1H3,(H,19,21,22). The summed E-state index contributed by atoms with van der Waals surface area (Å²) in [6, 6.07) is 11.5. The van der Waals surface area contributed by atoms with Crippen LogP contribution in [0.5, 0.6) is 0 Å². The molecule has 1 heterocycles. The van der Waals surface area contributed by atoms with Gasteiger partial charge >= 0.3 is 6.01 Å². The van der Waals surface area contributed by atoms with Crippen molar-refractivity contribution in [2.24, 2.45) is 0 Å². The van der Waals surface area contributed by atoms with Gasteiger partial charge in [0.25, 0.3) is 0 Å². The second kappa shape index (κ2) is 7.04. The van der Waals surface area contributed by atoms with Crippen LogP contribution < -0.4 is 5.32 Å². The minimum absolute atomic E-state index is 0.0154.